The summed E-state index contributed by atoms with van der Waals surface area (Å²) in [7, 11) is 5.58. The van der Waals surface area contributed by atoms with Crippen LogP contribution in [-0.2, 0) is 54.1 Å². The minimum atomic E-state index is -1.62. The first-order valence-electron chi connectivity index (χ1n) is 23.8. The fraction of sp³-hybridized carbons (Fsp3) is 0.538. The van der Waals surface area contributed by atoms with Crippen LogP contribution in [0.5, 0.6) is 46.0 Å². The zero-order valence-corrected chi connectivity index (χ0v) is 40.6. The minimum absolute atomic E-state index is 0.0374. The predicted octanol–water partition coefficient (Wildman–Crippen LogP) is 1.97. The Labute approximate surface area is 417 Å². The quantitative estimate of drug-likeness (QED) is 0.0864. The molecule has 4 bridgehead atoms. The van der Waals surface area contributed by atoms with Crippen molar-refractivity contribution in [2.24, 2.45) is 23.7 Å². The smallest absolute Gasteiger partial charge is 0.200 e. The van der Waals surface area contributed by atoms with Crippen LogP contribution in [0.25, 0.3) is 0 Å². The van der Waals surface area contributed by atoms with Gasteiger partial charge in [-0.2, -0.15) is 0 Å². The molecule has 396 valence electrons. The maximum atomic E-state index is 12.1. The number of rotatable bonds is 14. The fourth-order valence-corrected chi connectivity index (χ4v) is 9.73. The molecule has 0 amide bonds. The highest BCUT2D eigenvalue weighted by atomic mass is 16.7. The number of hydrogen-bond acceptors (Lipinski definition) is 20. The average Bonchev–Trinajstić information content (AvgIpc) is 3.38. The second-order valence-electron chi connectivity index (χ2n) is 18.6. The van der Waals surface area contributed by atoms with Crippen LogP contribution in [0.2, 0.25) is 0 Å². The Bertz CT molecular complexity index is 2100. The zero-order valence-electron chi connectivity index (χ0n) is 40.6. The molecule has 72 heavy (non-hydrogen) atoms. The zero-order chi connectivity index (χ0) is 51.6. The lowest BCUT2D eigenvalue weighted by molar-refractivity contribution is -0.318. The summed E-state index contributed by atoms with van der Waals surface area (Å²) < 4.78 is 60.0. The molecule has 0 aliphatic carbocycles. The maximum absolute atomic E-state index is 12.1. The van der Waals surface area contributed by atoms with Gasteiger partial charge in [-0.25, -0.2) is 0 Å². The number of aliphatic hydroxyl groups excluding tert-OH is 6. The lowest BCUT2D eigenvalue weighted by Gasteiger charge is -2.44. The first-order valence-corrected chi connectivity index (χ1v) is 23.8. The number of phenols is 4. The molecule has 20 heteroatoms. The number of methoxy groups -OCH3 is 4. The lowest BCUT2D eigenvalue weighted by Crippen LogP contribution is -2.61. The van der Waals surface area contributed by atoms with Gasteiger partial charge >= 0.3 is 0 Å². The van der Waals surface area contributed by atoms with Crippen LogP contribution < -0.4 is 18.9 Å². The van der Waals surface area contributed by atoms with E-state index >= 15 is 0 Å². The highest BCUT2D eigenvalue weighted by Gasteiger charge is 2.49. The number of benzene rings is 4. The number of aromatic hydroxyl groups is 4. The van der Waals surface area contributed by atoms with Crippen LogP contribution in [0.15, 0.2) is 72.8 Å². The Hall–Kier alpha value is -5.20. The summed E-state index contributed by atoms with van der Waals surface area (Å²) in [6, 6.07) is 19.6. The van der Waals surface area contributed by atoms with E-state index in [-0.39, 0.29) is 98.1 Å². The molecule has 3 aliphatic heterocycles. The SMILES string of the molecule is COc1cc(CC2COC3C(O)C(CO)OC(OCC(Cc4ccc(O)cc4)C(Cc4cc(OC)c(O)c(OC)c4)COC4C(O)C(CO)OC(OCC2Cc2ccc(O)cc2)C4O)C3O)cc(OC)c1O. The van der Waals surface area contributed by atoms with E-state index in [0.717, 1.165) is 11.1 Å². The van der Waals surface area contributed by atoms with Gasteiger partial charge in [0.2, 0.25) is 11.5 Å². The maximum Gasteiger partial charge on any atom is 0.200 e. The molecule has 10 N–H and O–H groups in total. The van der Waals surface area contributed by atoms with Crippen LogP contribution in [0.3, 0.4) is 0 Å². The molecule has 0 aromatic heterocycles. The highest BCUT2D eigenvalue weighted by Crippen LogP contribution is 2.41. The van der Waals surface area contributed by atoms with Crippen molar-refractivity contribution in [3.8, 4) is 46.0 Å². The molecule has 14 unspecified atom stereocenters. The predicted molar refractivity (Wildman–Crippen MR) is 254 cm³/mol. The Morgan fingerprint density at radius 1 is 0.417 bits per heavy atom. The van der Waals surface area contributed by atoms with E-state index in [1.165, 1.54) is 52.7 Å². The monoisotopic (exact) mass is 1010 g/mol. The van der Waals surface area contributed by atoms with Gasteiger partial charge in [-0.15, -0.1) is 0 Å². The number of aliphatic hydroxyl groups is 6. The highest BCUT2D eigenvalue weighted by molar-refractivity contribution is 5.53. The van der Waals surface area contributed by atoms with E-state index in [2.05, 4.69) is 0 Å². The van der Waals surface area contributed by atoms with Crippen LogP contribution in [0.1, 0.15) is 22.3 Å². The third-order valence-electron chi connectivity index (χ3n) is 13.9. The van der Waals surface area contributed by atoms with E-state index in [0.29, 0.717) is 11.1 Å². The van der Waals surface area contributed by atoms with Gasteiger partial charge in [0.15, 0.2) is 35.6 Å². The van der Waals surface area contributed by atoms with Gasteiger partial charge in [-0.1, -0.05) is 24.3 Å². The van der Waals surface area contributed by atoms with Crippen molar-refractivity contribution in [1.29, 1.82) is 0 Å². The second-order valence-corrected chi connectivity index (χ2v) is 18.6. The second kappa shape index (κ2) is 25.2. The molecule has 0 spiro atoms. The van der Waals surface area contributed by atoms with Crippen molar-refractivity contribution in [2.75, 3.05) is 68.1 Å². The Morgan fingerprint density at radius 3 is 1.00 bits per heavy atom. The molecule has 3 aliphatic rings. The first kappa shape index (κ1) is 54.6. The molecule has 14 atom stereocenters. The standard InChI is InChI=1S/C52H68O20/c1-63-37-17-29(18-38(64-2)43(37)57)15-33-23-67-49-45(59)41(21-53)72-52(47(49)61)70-26-32(14-28-7-11-36(56)12-8-28)34(16-30-19-39(65-3)44(58)40(20-30)66-4)24-68-50-46(60)42(22-54)71-51(48(50)62)69-25-31(33)13-27-5-9-35(55)10-6-27/h5-12,17-20,31-34,41-42,45-62H,13-16,21-26H2,1-4H3. The summed E-state index contributed by atoms with van der Waals surface area (Å²) in [5, 5.41) is 110. The molecule has 7 rings (SSSR count). The van der Waals surface area contributed by atoms with Crippen LogP contribution in [0.4, 0.5) is 0 Å². The summed E-state index contributed by atoms with van der Waals surface area (Å²) >= 11 is 0. The lowest BCUT2D eigenvalue weighted by atomic mass is 9.83. The third-order valence-corrected chi connectivity index (χ3v) is 13.9. The van der Waals surface area contributed by atoms with Crippen molar-refractivity contribution in [2.45, 2.75) is 87.1 Å². The fourth-order valence-electron chi connectivity index (χ4n) is 9.73. The van der Waals surface area contributed by atoms with Gasteiger partial charge in [0, 0.05) is 0 Å². The molecule has 0 radical (unpaired) electrons. The average molecular weight is 1010 g/mol. The van der Waals surface area contributed by atoms with Crippen LogP contribution >= 0.6 is 0 Å². The molecule has 3 saturated heterocycles. The molecule has 4 aromatic rings. The van der Waals surface area contributed by atoms with Gasteiger partial charge in [-0.3, -0.25) is 0 Å². The number of ether oxygens (including phenoxy) is 10. The van der Waals surface area contributed by atoms with Crippen LogP contribution in [-0.4, -0.2) is 181 Å². The van der Waals surface area contributed by atoms with E-state index in [1.807, 2.05) is 0 Å². The summed E-state index contributed by atoms with van der Waals surface area (Å²) in [4.78, 5) is 0. The molecule has 3 fully saturated rings. The molecular weight excluding hydrogens is 945 g/mol. The Balaban J connectivity index is 1.32. The normalized spacial score (nSPS) is 30.6. The summed E-state index contributed by atoms with van der Waals surface area (Å²) in [5.41, 5.74) is 2.78. The minimum Gasteiger partial charge on any atom is -0.508 e. The summed E-state index contributed by atoms with van der Waals surface area (Å²) in [6.45, 7) is -2.00. The molecule has 20 nitrogen and oxygen atoms in total. The van der Waals surface area contributed by atoms with E-state index in [4.69, 9.17) is 47.4 Å². The van der Waals surface area contributed by atoms with Gasteiger partial charge in [0.05, 0.1) is 68.1 Å². The van der Waals surface area contributed by atoms with E-state index in [9.17, 15) is 51.1 Å². The van der Waals surface area contributed by atoms with Gasteiger partial charge in [0.25, 0.3) is 0 Å². The van der Waals surface area contributed by atoms with Crippen molar-refractivity contribution < 1.29 is 98.4 Å². The summed E-state index contributed by atoms with van der Waals surface area (Å²) in [6.07, 6.45) is -13.6. The van der Waals surface area contributed by atoms with Gasteiger partial charge < -0.3 is 98.4 Å². The number of phenolic OH excluding ortho intramolecular Hbond substituents is 4. The third kappa shape index (κ3) is 12.9. The number of fused-ring (bicyclic) bond motifs is 4. The largest absolute Gasteiger partial charge is 0.508 e. The Morgan fingerprint density at radius 2 is 0.708 bits per heavy atom. The molecule has 4 aromatic carbocycles. The van der Waals surface area contributed by atoms with Crippen molar-refractivity contribution in [1.82, 2.24) is 0 Å². The van der Waals surface area contributed by atoms with Crippen molar-refractivity contribution >= 4 is 0 Å². The van der Waals surface area contributed by atoms with E-state index < -0.39 is 98.3 Å². The molecular formula is C52H68O20. The van der Waals surface area contributed by atoms with E-state index in [1.54, 1.807) is 48.5 Å². The molecule has 0 saturated carbocycles. The van der Waals surface area contributed by atoms with Crippen molar-refractivity contribution in [3.05, 3.63) is 95.1 Å². The van der Waals surface area contributed by atoms with Gasteiger partial charge in [0.1, 0.15) is 60.3 Å². The number of hydrogen-bond donors (Lipinski definition) is 10. The summed E-state index contributed by atoms with van der Waals surface area (Å²) in [5.74, 6) is -2.16. The van der Waals surface area contributed by atoms with Gasteiger partial charge in [-0.05, 0) is 120 Å². The topological polar surface area (TPSA) is 295 Å². The molecule has 3 heterocycles. The van der Waals surface area contributed by atoms with Crippen molar-refractivity contribution in [3.63, 3.8) is 0 Å². The first-order chi connectivity index (χ1) is 34.7. The van der Waals surface area contributed by atoms with Crippen LogP contribution in [0, 0.1) is 23.7 Å². The Kier molecular flexibility index (Phi) is 19.1.